The van der Waals surface area contributed by atoms with Crippen LogP contribution in [0.5, 0.6) is 0 Å². The zero-order valence-electron chi connectivity index (χ0n) is 9.28. The topological polar surface area (TPSA) is 93.9 Å². The standard InChI is InChI=1S/C11H16N4O/c12-6-2-8-15(9-3-7-13)10(16)11(14)4-1-5-11/h1-5,8-9,14H2. The van der Waals surface area contributed by atoms with Crippen LogP contribution in [0, 0.1) is 22.7 Å². The van der Waals surface area contributed by atoms with Crippen molar-refractivity contribution in [2.75, 3.05) is 13.1 Å². The molecule has 0 radical (unpaired) electrons. The second-order valence-electron chi connectivity index (χ2n) is 4.12. The van der Waals surface area contributed by atoms with Gasteiger partial charge in [0.05, 0.1) is 30.5 Å². The van der Waals surface area contributed by atoms with Crippen LogP contribution >= 0.6 is 0 Å². The second kappa shape index (κ2) is 5.48. The van der Waals surface area contributed by atoms with Crippen molar-refractivity contribution in [2.24, 2.45) is 5.73 Å². The van der Waals surface area contributed by atoms with Crippen LogP contribution in [0.4, 0.5) is 0 Å². The van der Waals surface area contributed by atoms with E-state index in [4.69, 9.17) is 16.3 Å². The van der Waals surface area contributed by atoms with E-state index in [0.717, 1.165) is 6.42 Å². The molecule has 0 spiro atoms. The highest BCUT2D eigenvalue weighted by Crippen LogP contribution is 2.31. The van der Waals surface area contributed by atoms with Gasteiger partial charge in [-0.15, -0.1) is 0 Å². The predicted molar refractivity (Wildman–Crippen MR) is 57.8 cm³/mol. The van der Waals surface area contributed by atoms with Crippen LogP contribution < -0.4 is 5.73 Å². The molecule has 1 rings (SSSR count). The van der Waals surface area contributed by atoms with Gasteiger partial charge in [-0.2, -0.15) is 10.5 Å². The van der Waals surface area contributed by atoms with Gasteiger partial charge in [0.1, 0.15) is 0 Å². The van der Waals surface area contributed by atoms with Crippen LogP contribution in [0.1, 0.15) is 32.1 Å². The van der Waals surface area contributed by atoms with E-state index in [0.29, 0.717) is 25.9 Å². The summed E-state index contributed by atoms with van der Waals surface area (Å²) in [6.07, 6.45) is 2.97. The van der Waals surface area contributed by atoms with Gasteiger partial charge in [0.25, 0.3) is 0 Å². The summed E-state index contributed by atoms with van der Waals surface area (Å²) in [6, 6.07) is 4.00. The van der Waals surface area contributed by atoms with Gasteiger partial charge >= 0.3 is 0 Å². The molecule has 1 saturated carbocycles. The molecule has 2 N–H and O–H groups in total. The number of hydrogen-bond acceptors (Lipinski definition) is 4. The molecule has 5 nitrogen and oxygen atoms in total. The molecule has 5 heteroatoms. The van der Waals surface area contributed by atoms with Crippen LogP contribution in [0.15, 0.2) is 0 Å². The van der Waals surface area contributed by atoms with Crippen molar-refractivity contribution in [1.82, 2.24) is 4.90 Å². The molecule has 0 unspecified atom stereocenters. The van der Waals surface area contributed by atoms with Crippen LogP contribution in [0.25, 0.3) is 0 Å². The monoisotopic (exact) mass is 220 g/mol. The zero-order chi connectivity index (χ0) is 12.0. The number of nitriles is 2. The van der Waals surface area contributed by atoms with Gasteiger partial charge in [0, 0.05) is 13.1 Å². The first-order valence-corrected chi connectivity index (χ1v) is 5.46. The van der Waals surface area contributed by atoms with E-state index in [1.807, 2.05) is 12.1 Å². The maximum absolute atomic E-state index is 12.0. The van der Waals surface area contributed by atoms with E-state index in [1.54, 1.807) is 4.90 Å². The van der Waals surface area contributed by atoms with Gasteiger partial charge < -0.3 is 10.6 Å². The molecule has 0 aromatic heterocycles. The fourth-order valence-electron chi connectivity index (χ4n) is 1.77. The predicted octanol–water partition coefficient (Wildman–Crippen LogP) is 0.524. The molecule has 1 amide bonds. The molecule has 0 aliphatic heterocycles. The maximum Gasteiger partial charge on any atom is 0.242 e. The number of nitrogens with zero attached hydrogens (tertiary/aromatic N) is 3. The quantitative estimate of drug-likeness (QED) is 0.731. The summed E-state index contributed by atoms with van der Waals surface area (Å²) in [5, 5.41) is 17.0. The summed E-state index contributed by atoms with van der Waals surface area (Å²) in [6.45, 7) is 0.742. The Kier molecular flexibility index (Phi) is 4.28. The van der Waals surface area contributed by atoms with Crippen molar-refractivity contribution < 1.29 is 4.79 Å². The lowest BCUT2D eigenvalue weighted by Gasteiger charge is -2.40. The van der Waals surface area contributed by atoms with Crippen molar-refractivity contribution in [3.05, 3.63) is 0 Å². The van der Waals surface area contributed by atoms with Crippen molar-refractivity contribution in [2.45, 2.75) is 37.6 Å². The lowest BCUT2D eigenvalue weighted by molar-refractivity contribution is -0.140. The zero-order valence-corrected chi connectivity index (χ0v) is 9.28. The lowest BCUT2D eigenvalue weighted by atomic mass is 9.76. The maximum atomic E-state index is 12.0. The minimum Gasteiger partial charge on any atom is -0.339 e. The first-order valence-electron chi connectivity index (χ1n) is 5.46. The van der Waals surface area contributed by atoms with Gasteiger partial charge in [-0.05, 0) is 19.3 Å². The number of amides is 1. The fourth-order valence-corrected chi connectivity index (χ4v) is 1.77. The van der Waals surface area contributed by atoms with Gasteiger partial charge in [0.15, 0.2) is 0 Å². The largest absolute Gasteiger partial charge is 0.339 e. The van der Waals surface area contributed by atoms with E-state index < -0.39 is 5.54 Å². The van der Waals surface area contributed by atoms with Crippen molar-refractivity contribution in [3.8, 4) is 12.1 Å². The molecule has 1 fully saturated rings. The summed E-state index contributed by atoms with van der Waals surface area (Å²) in [7, 11) is 0. The minimum atomic E-state index is -0.731. The molecule has 1 aliphatic carbocycles. The first-order chi connectivity index (χ1) is 7.64. The Morgan fingerprint density at radius 2 is 1.75 bits per heavy atom. The smallest absolute Gasteiger partial charge is 0.242 e. The van der Waals surface area contributed by atoms with E-state index in [-0.39, 0.29) is 18.7 Å². The lowest BCUT2D eigenvalue weighted by Crippen LogP contribution is -2.59. The molecule has 16 heavy (non-hydrogen) atoms. The molecule has 0 saturated heterocycles. The SMILES string of the molecule is N#CCCN(CCC#N)C(=O)C1(N)CCC1. The van der Waals surface area contributed by atoms with Gasteiger partial charge in [0.2, 0.25) is 5.91 Å². The third-order valence-corrected chi connectivity index (χ3v) is 2.95. The average Bonchev–Trinajstić information content (AvgIpc) is 2.25. The van der Waals surface area contributed by atoms with Gasteiger partial charge in [-0.25, -0.2) is 0 Å². The Morgan fingerprint density at radius 3 is 2.06 bits per heavy atom. The van der Waals surface area contributed by atoms with E-state index in [2.05, 4.69) is 0 Å². The Balaban J connectivity index is 2.57. The Labute approximate surface area is 95.4 Å². The van der Waals surface area contributed by atoms with Crippen LogP contribution in [0.2, 0.25) is 0 Å². The summed E-state index contributed by atoms with van der Waals surface area (Å²) in [5.74, 6) is -0.107. The van der Waals surface area contributed by atoms with Crippen LogP contribution in [-0.4, -0.2) is 29.4 Å². The van der Waals surface area contributed by atoms with E-state index in [1.165, 1.54) is 0 Å². The molecule has 0 atom stereocenters. The molecule has 1 aliphatic rings. The number of carbonyl (C=O) groups excluding carboxylic acids is 1. The summed E-state index contributed by atoms with van der Waals surface area (Å²) in [5.41, 5.74) is 5.20. The summed E-state index contributed by atoms with van der Waals surface area (Å²) < 4.78 is 0. The highest BCUT2D eigenvalue weighted by Gasteiger charge is 2.42. The Hall–Kier alpha value is -1.59. The van der Waals surface area contributed by atoms with Crippen molar-refractivity contribution >= 4 is 5.91 Å². The minimum absolute atomic E-state index is 0.107. The molecule has 0 heterocycles. The first kappa shape index (κ1) is 12.5. The number of hydrogen-bond donors (Lipinski definition) is 1. The van der Waals surface area contributed by atoms with Crippen LogP contribution in [-0.2, 0) is 4.79 Å². The number of rotatable bonds is 5. The van der Waals surface area contributed by atoms with Gasteiger partial charge in [-0.1, -0.05) is 0 Å². The molecular weight excluding hydrogens is 204 g/mol. The number of nitrogens with two attached hydrogens (primary N) is 1. The Bertz CT molecular complexity index is 317. The molecule has 0 bridgehead atoms. The average molecular weight is 220 g/mol. The van der Waals surface area contributed by atoms with Crippen molar-refractivity contribution in [1.29, 1.82) is 10.5 Å². The Morgan fingerprint density at radius 1 is 1.25 bits per heavy atom. The van der Waals surface area contributed by atoms with Crippen LogP contribution in [0.3, 0.4) is 0 Å². The fraction of sp³-hybridized carbons (Fsp3) is 0.727. The molecular formula is C11H16N4O. The molecule has 0 aromatic rings. The second-order valence-corrected chi connectivity index (χ2v) is 4.12. The van der Waals surface area contributed by atoms with Crippen molar-refractivity contribution in [3.63, 3.8) is 0 Å². The third-order valence-electron chi connectivity index (χ3n) is 2.95. The third kappa shape index (κ3) is 2.71. The summed E-state index contributed by atoms with van der Waals surface area (Å²) in [4.78, 5) is 13.6. The number of carbonyl (C=O) groups is 1. The highest BCUT2D eigenvalue weighted by atomic mass is 16.2. The molecule has 86 valence electrons. The normalized spacial score (nSPS) is 16.7. The van der Waals surface area contributed by atoms with E-state index in [9.17, 15) is 4.79 Å². The highest BCUT2D eigenvalue weighted by molar-refractivity contribution is 5.87. The van der Waals surface area contributed by atoms with Gasteiger partial charge in [-0.3, -0.25) is 4.79 Å². The van der Waals surface area contributed by atoms with E-state index >= 15 is 0 Å². The summed E-state index contributed by atoms with van der Waals surface area (Å²) >= 11 is 0. The molecule has 0 aromatic carbocycles.